The van der Waals surface area contributed by atoms with Crippen LogP contribution in [0.25, 0.3) is 0 Å². The highest BCUT2D eigenvalue weighted by atomic mass is 16.6. The molecule has 1 aromatic carbocycles. The largest absolute Gasteiger partial charge is 0.360 e. The lowest BCUT2D eigenvalue weighted by Crippen LogP contribution is -2.54. The van der Waals surface area contributed by atoms with Crippen LogP contribution in [0.5, 0.6) is 0 Å². The van der Waals surface area contributed by atoms with Crippen LogP contribution in [-0.2, 0) is 0 Å². The summed E-state index contributed by atoms with van der Waals surface area (Å²) < 4.78 is 0. The molecule has 0 spiro atoms. The quantitative estimate of drug-likeness (QED) is 0.630. The van der Waals surface area contributed by atoms with Crippen molar-refractivity contribution in [2.45, 2.75) is 19.9 Å². The highest BCUT2D eigenvalue weighted by Gasteiger charge is 2.31. The summed E-state index contributed by atoms with van der Waals surface area (Å²) in [5.74, 6) is 0.392. The molecule has 0 saturated carbocycles. The third kappa shape index (κ3) is 3.14. The van der Waals surface area contributed by atoms with Crippen LogP contribution in [0.4, 0.5) is 11.4 Å². The van der Waals surface area contributed by atoms with Crippen LogP contribution in [0.1, 0.15) is 19.4 Å². The van der Waals surface area contributed by atoms with E-state index in [9.17, 15) is 10.1 Å². The Morgan fingerprint density at radius 1 is 1.43 bits per heavy atom. The van der Waals surface area contributed by atoms with Crippen molar-refractivity contribution in [3.05, 3.63) is 33.9 Å². The van der Waals surface area contributed by atoms with Crippen molar-refractivity contribution in [3.63, 3.8) is 0 Å². The summed E-state index contributed by atoms with van der Waals surface area (Å²) in [4.78, 5) is 15.3. The molecule has 1 aromatic rings. The van der Waals surface area contributed by atoms with E-state index in [2.05, 4.69) is 30.7 Å². The number of nitriles is 1. The second-order valence-corrected chi connectivity index (χ2v) is 5.84. The number of nitro groups is 1. The standard InChI is InChI=1S/C15H20N4O2/c1-11(2)15-10-17(3)6-7-18(15)13-5-4-12(9-16)8-14(13)19(20)21/h4-5,8,11,15H,6-7,10H2,1-3H3. The van der Waals surface area contributed by atoms with E-state index in [1.54, 1.807) is 12.1 Å². The van der Waals surface area contributed by atoms with E-state index in [4.69, 9.17) is 5.26 Å². The van der Waals surface area contributed by atoms with Crippen molar-refractivity contribution in [2.75, 3.05) is 31.6 Å². The Hall–Kier alpha value is -2.13. The van der Waals surface area contributed by atoms with Crippen LogP contribution in [0.2, 0.25) is 0 Å². The fourth-order valence-corrected chi connectivity index (χ4v) is 2.81. The Morgan fingerprint density at radius 3 is 2.71 bits per heavy atom. The van der Waals surface area contributed by atoms with E-state index in [1.165, 1.54) is 6.07 Å². The van der Waals surface area contributed by atoms with Crippen molar-refractivity contribution in [3.8, 4) is 6.07 Å². The number of nitrogens with zero attached hydrogens (tertiary/aromatic N) is 4. The molecule has 0 aliphatic carbocycles. The van der Waals surface area contributed by atoms with Gasteiger partial charge in [0.25, 0.3) is 5.69 Å². The molecule has 0 amide bonds. The summed E-state index contributed by atoms with van der Waals surface area (Å²) >= 11 is 0. The van der Waals surface area contributed by atoms with Gasteiger partial charge in [-0.25, -0.2) is 0 Å². The summed E-state index contributed by atoms with van der Waals surface area (Å²) in [6.07, 6.45) is 0. The highest BCUT2D eigenvalue weighted by Crippen LogP contribution is 2.33. The van der Waals surface area contributed by atoms with E-state index in [-0.39, 0.29) is 11.7 Å². The first-order chi connectivity index (χ1) is 9.93. The lowest BCUT2D eigenvalue weighted by atomic mass is 9.98. The minimum absolute atomic E-state index is 0.0178. The molecule has 0 radical (unpaired) electrons. The van der Waals surface area contributed by atoms with Gasteiger partial charge in [0.05, 0.1) is 16.6 Å². The van der Waals surface area contributed by atoms with Crippen LogP contribution in [0.3, 0.4) is 0 Å². The molecule has 112 valence electrons. The molecule has 21 heavy (non-hydrogen) atoms. The maximum Gasteiger partial charge on any atom is 0.293 e. The molecule has 1 atom stereocenters. The fourth-order valence-electron chi connectivity index (χ4n) is 2.81. The van der Waals surface area contributed by atoms with Gasteiger partial charge >= 0.3 is 0 Å². The van der Waals surface area contributed by atoms with E-state index in [0.29, 0.717) is 17.2 Å². The predicted octanol–water partition coefficient (Wildman–Crippen LogP) is 2.24. The molecular formula is C15H20N4O2. The minimum atomic E-state index is -0.397. The first kappa shape index (κ1) is 15.3. The van der Waals surface area contributed by atoms with E-state index >= 15 is 0 Å². The van der Waals surface area contributed by atoms with Crippen molar-refractivity contribution >= 4 is 11.4 Å². The molecular weight excluding hydrogens is 268 g/mol. The van der Waals surface area contributed by atoms with Gasteiger partial charge in [-0.2, -0.15) is 5.26 Å². The van der Waals surface area contributed by atoms with Gasteiger partial charge in [-0.15, -0.1) is 0 Å². The molecule has 1 aliphatic rings. The smallest absolute Gasteiger partial charge is 0.293 e. The Morgan fingerprint density at radius 2 is 2.14 bits per heavy atom. The van der Waals surface area contributed by atoms with E-state index in [1.807, 2.05) is 6.07 Å². The number of hydrogen-bond acceptors (Lipinski definition) is 5. The number of likely N-dealkylation sites (N-methyl/N-ethyl adjacent to an activating group) is 1. The Labute approximate surface area is 124 Å². The molecule has 1 saturated heterocycles. The summed E-state index contributed by atoms with van der Waals surface area (Å²) in [6, 6.07) is 6.92. The maximum absolute atomic E-state index is 11.3. The molecule has 1 fully saturated rings. The average molecular weight is 288 g/mol. The normalized spacial score (nSPS) is 19.6. The van der Waals surface area contributed by atoms with Gasteiger partial charge in [-0.3, -0.25) is 10.1 Å². The zero-order valence-corrected chi connectivity index (χ0v) is 12.6. The Balaban J connectivity index is 2.44. The zero-order valence-electron chi connectivity index (χ0n) is 12.6. The summed E-state index contributed by atoms with van der Waals surface area (Å²) in [6.45, 7) is 6.78. The first-order valence-electron chi connectivity index (χ1n) is 7.07. The van der Waals surface area contributed by atoms with Crippen molar-refractivity contribution in [2.24, 2.45) is 5.92 Å². The minimum Gasteiger partial charge on any atom is -0.360 e. The SMILES string of the molecule is CC(C)C1CN(C)CCN1c1ccc(C#N)cc1[N+](=O)[O-]. The highest BCUT2D eigenvalue weighted by molar-refractivity contribution is 5.66. The predicted molar refractivity (Wildman–Crippen MR) is 81.3 cm³/mol. The van der Waals surface area contributed by atoms with E-state index < -0.39 is 4.92 Å². The lowest BCUT2D eigenvalue weighted by Gasteiger charge is -2.43. The van der Waals surface area contributed by atoms with Gasteiger partial charge in [-0.1, -0.05) is 13.8 Å². The van der Waals surface area contributed by atoms with Gasteiger partial charge in [0, 0.05) is 31.7 Å². The number of benzene rings is 1. The van der Waals surface area contributed by atoms with E-state index in [0.717, 1.165) is 19.6 Å². The molecule has 1 aliphatic heterocycles. The maximum atomic E-state index is 11.3. The summed E-state index contributed by atoms with van der Waals surface area (Å²) in [5, 5.41) is 20.3. The molecule has 6 heteroatoms. The summed E-state index contributed by atoms with van der Waals surface area (Å²) in [7, 11) is 2.07. The molecule has 0 bridgehead atoms. The second-order valence-electron chi connectivity index (χ2n) is 5.84. The zero-order chi connectivity index (χ0) is 15.6. The lowest BCUT2D eigenvalue weighted by molar-refractivity contribution is -0.384. The van der Waals surface area contributed by atoms with Gasteiger partial charge in [0.1, 0.15) is 5.69 Å². The molecule has 1 heterocycles. The average Bonchev–Trinajstić information content (AvgIpc) is 2.46. The number of piperazine rings is 1. The van der Waals surface area contributed by atoms with Crippen molar-refractivity contribution in [1.29, 1.82) is 5.26 Å². The van der Waals surface area contributed by atoms with Crippen molar-refractivity contribution in [1.82, 2.24) is 4.90 Å². The fraction of sp³-hybridized carbons (Fsp3) is 0.533. The monoisotopic (exact) mass is 288 g/mol. The number of nitro benzene ring substituents is 1. The molecule has 1 unspecified atom stereocenters. The Bertz CT molecular complexity index is 580. The van der Waals surface area contributed by atoms with Crippen LogP contribution < -0.4 is 4.90 Å². The van der Waals surface area contributed by atoms with Gasteiger partial charge in [-0.05, 0) is 25.1 Å². The van der Waals surface area contributed by atoms with Gasteiger partial charge in [0.2, 0.25) is 0 Å². The first-order valence-corrected chi connectivity index (χ1v) is 7.07. The third-order valence-electron chi connectivity index (χ3n) is 4.00. The Kier molecular flexibility index (Phi) is 4.43. The van der Waals surface area contributed by atoms with Crippen LogP contribution in [0.15, 0.2) is 18.2 Å². The third-order valence-corrected chi connectivity index (χ3v) is 4.00. The molecule has 0 aromatic heterocycles. The number of rotatable bonds is 3. The number of anilines is 1. The molecule has 0 N–H and O–H groups in total. The summed E-state index contributed by atoms with van der Waals surface area (Å²) in [5.41, 5.74) is 0.954. The van der Waals surface area contributed by atoms with Crippen molar-refractivity contribution < 1.29 is 4.92 Å². The van der Waals surface area contributed by atoms with Crippen LogP contribution in [0, 0.1) is 27.4 Å². The number of hydrogen-bond donors (Lipinski definition) is 0. The van der Waals surface area contributed by atoms with Gasteiger partial charge in [0.15, 0.2) is 0 Å². The topological polar surface area (TPSA) is 73.4 Å². The van der Waals surface area contributed by atoms with Crippen LogP contribution in [-0.4, -0.2) is 42.5 Å². The molecule has 2 rings (SSSR count). The van der Waals surface area contributed by atoms with Gasteiger partial charge < -0.3 is 9.80 Å². The molecule has 6 nitrogen and oxygen atoms in total. The second kappa shape index (κ2) is 6.10. The van der Waals surface area contributed by atoms with Crippen LogP contribution >= 0.6 is 0 Å².